The van der Waals surface area contributed by atoms with Crippen LogP contribution in [0.15, 0.2) is 0 Å². The topological polar surface area (TPSA) is 98.1 Å². The van der Waals surface area contributed by atoms with Gasteiger partial charge in [0.05, 0.1) is 6.04 Å². The Kier molecular flexibility index (Phi) is 2.31. The molecule has 8 heteroatoms. The van der Waals surface area contributed by atoms with E-state index < -0.39 is 0 Å². The first kappa shape index (κ1) is 9.37. The summed E-state index contributed by atoms with van der Waals surface area (Å²) in [6, 6.07) is 0.372. The van der Waals surface area contributed by atoms with Crippen LogP contribution in [0.5, 0.6) is 0 Å². The minimum atomic E-state index is 0.372. The van der Waals surface area contributed by atoms with Gasteiger partial charge in [-0.2, -0.15) is 5.21 Å². The SMILES string of the molecule is C1CCC(n2nnnc2-c2nn[nH]n2)CC1. The zero-order chi connectivity index (χ0) is 10.8. The van der Waals surface area contributed by atoms with Gasteiger partial charge in [-0.15, -0.1) is 15.3 Å². The molecule has 84 valence electrons. The highest BCUT2D eigenvalue weighted by molar-refractivity contribution is 5.39. The third-order valence-electron chi connectivity index (χ3n) is 2.96. The van der Waals surface area contributed by atoms with Crippen molar-refractivity contribution in [2.75, 3.05) is 0 Å². The molecule has 2 aromatic rings. The Morgan fingerprint density at radius 2 is 2.00 bits per heavy atom. The quantitative estimate of drug-likeness (QED) is 0.784. The molecule has 1 aliphatic rings. The summed E-state index contributed by atoms with van der Waals surface area (Å²) in [7, 11) is 0. The summed E-state index contributed by atoms with van der Waals surface area (Å²) in [6.45, 7) is 0. The van der Waals surface area contributed by atoms with Crippen LogP contribution in [0, 0.1) is 0 Å². The standard InChI is InChI=1S/C8H12N8/c1-2-4-6(5-3-1)16-8(11-14-15-16)7-9-12-13-10-7/h6H,1-5H2,(H,9,10,12,13). The predicted octanol–water partition coefficient (Wildman–Crippen LogP) is 0.358. The fourth-order valence-electron chi connectivity index (χ4n) is 2.17. The van der Waals surface area contributed by atoms with Gasteiger partial charge in [-0.1, -0.05) is 19.3 Å². The van der Waals surface area contributed by atoms with Crippen molar-refractivity contribution in [3.05, 3.63) is 0 Å². The highest BCUT2D eigenvalue weighted by Crippen LogP contribution is 2.29. The number of rotatable bonds is 2. The molecule has 8 nitrogen and oxygen atoms in total. The minimum Gasteiger partial charge on any atom is -0.220 e. The maximum atomic E-state index is 4.03. The second-order valence-corrected chi connectivity index (χ2v) is 3.97. The predicted molar refractivity (Wildman–Crippen MR) is 53.1 cm³/mol. The van der Waals surface area contributed by atoms with E-state index in [1.807, 2.05) is 4.68 Å². The van der Waals surface area contributed by atoms with Gasteiger partial charge in [0, 0.05) is 0 Å². The molecule has 0 aliphatic heterocycles. The second-order valence-electron chi connectivity index (χ2n) is 3.97. The van der Waals surface area contributed by atoms with Crippen molar-refractivity contribution in [3.63, 3.8) is 0 Å². The van der Waals surface area contributed by atoms with Crippen molar-refractivity contribution in [1.82, 2.24) is 40.8 Å². The molecule has 2 heterocycles. The Bertz CT molecular complexity index is 440. The number of hydrogen-bond donors (Lipinski definition) is 1. The van der Waals surface area contributed by atoms with E-state index in [1.54, 1.807) is 0 Å². The van der Waals surface area contributed by atoms with Gasteiger partial charge in [-0.25, -0.2) is 4.68 Å². The van der Waals surface area contributed by atoms with E-state index in [2.05, 4.69) is 36.1 Å². The van der Waals surface area contributed by atoms with Crippen molar-refractivity contribution >= 4 is 0 Å². The Morgan fingerprint density at radius 3 is 2.75 bits per heavy atom. The largest absolute Gasteiger partial charge is 0.243 e. The maximum absolute atomic E-state index is 4.03. The van der Waals surface area contributed by atoms with Gasteiger partial charge in [0.15, 0.2) is 0 Å². The number of hydrogen-bond acceptors (Lipinski definition) is 6. The lowest BCUT2D eigenvalue weighted by Gasteiger charge is -2.21. The van der Waals surface area contributed by atoms with Gasteiger partial charge in [0.25, 0.3) is 0 Å². The third-order valence-corrected chi connectivity index (χ3v) is 2.96. The van der Waals surface area contributed by atoms with Crippen LogP contribution in [0.3, 0.4) is 0 Å². The smallest absolute Gasteiger partial charge is 0.220 e. The minimum absolute atomic E-state index is 0.372. The molecule has 0 aromatic carbocycles. The molecule has 2 aromatic heterocycles. The van der Waals surface area contributed by atoms with Crippen LogP contribution in [-0.2, 0) is 0 Å². The molecule has 0 spiro atoms. The number of nitrogens with zero attached hydrogens (tertiary/aromatic N) is 7. The number of aromatic amines is 1. The third kappa shape index (κ3) is 1.55. The molecule has 0 saturated heterocycles. The lowest BCUT2D eigenvalue weighted by atomic mass is 9.95. The molecule has 16 heavy (non-hydrogen) atoms. The van der Waals surface area contributed by atoms with Crippen LogP contribution in [0.2, 0.25) is 0 Å². The van der Waals surface area contributed by atoms with Gasteiger partial charge < -0.3 is 0 Å². The summed E-state index contributed by atoms with van der Waals surface area (Å²) in [5, 5.41) is 25.4. The molecular formula is C8H12N8. The normalized spacial score (nSPS) is 17.8. The van der Waals surface area contributed by atoms with Crippen LogP contribution < -0.4 is 0 Å². The van der Waals surface area contributed by atoms with Crippen LogP contribution in [0.25, 0.3) is 11.6 Å². The van der Waals surface area contributed by atoms with E-state index >= 15 is 0 Å². The van der Waals surface area contributed by atoms with E-state index in [0.717, 1.165) is 12.8 Å². The molecule has 1 N–H and O–H groups in total. The lowest BCUT2D eigenvalue weighted by Crippen LogP contribution is -2.15. The highest BCUT2D eigenvalue weighted by atomic mass is 15.6. The molecule has 0 unspecified atom stereocenters. The number of nitrogens with one attached hydrogen (secondary N) is 1. The fourth-order valence-corrected chi connectivity index (χ4v) is 2.17. The lowest BCUT2D eigenvalue weighted by molar-refractivity contribution is 0.326. The van der Waals surface area contributed by atoms with Gasteiger partial charge >= 0.3 is 0 Å². The highest BCUT2D eigenvalue weighted by Gasteiger charge is 2.22. The molecule has 3 rings (SSSR count). The van der Waals surface area contributed by atoms with Gasteiger partial charge in [0.1, 0.15) is 0 Å². The summed E-state index contributed by atoms with van der Waals surface area (Å²) in [5.41, 5.74) is 0. The Morgan fingerprint density at radius 1 is 1.12 bits per heavy atom. The molecule has 0 bridgehead atoms. The molecule has 1 fully saturated rings. The fraction of sp³-hybridized carbons (Fsp3) is 0.750. The van der Waals surface area contributed by atoms with Crippen molar-refractivity contribution in [1.29, 1.82) is 0 Å². The van der Waals surface area contributed by atoms with Crippen molar-refractivity contribution in [3.8, 4) is 11.6 Å². The summed E-state index contributed by atoms with van der Waals surface area (Å²) in [4.78, 5) is 0. The van der Waals surface area contributed by atoms with E-state index in [0.29, 0.717) is 17.7 Å². The molecular weight excluding hydrogens is 208 g/mol. The monoisotopic (exact) mass is 220 g/mol. The van der Waals surface area contributed by atoms with E-state index in [9.17, 15) is 0 Å². The van der Waals surface area contributed by atoms with Gasteiger partial charge in [-0.3, -0.25) is 0 Å². The van der Waals surface area contributed by atoms with Gasteiger partial charge in [0.2, 0.25) is 11.6 Å². The zero-order valence-corrected chi connectivity index (χ0v) is 8.74. The van der Waals surface area contributed by atoms with Crippen molar-refractivity contribution in [2.45, 2.75) is 38.1 Å². The summed E-state index contributed by atoms with van der Waals surface area (Å²) >= 11 is 0. The average Bonchev–Trinajstić information content (AvgIpc) is 3.01. The summed E-state index contributed by atoms with van der Waals surface area (Å²) in [6.07, 6.45) is 6.01. The Hall–Kier alpha value is -1.86. The number of H-pyrrole nitrogens is 1. The Labute approximate surface area is 91.4 Å². The Balaban J connectivity index is 1.92. The first-order chi connectivity index (χ1) is 7.95. The molecule has 1 aliphatic carbocycles. The molecule has 0 radical (unpaired) electrons. The number of aromatic nitrogens is 8. The molecule has 1 saturated carbocycles. The summed E-state index contributed by atoms with van der Waals surface area (Å²) < 4.78 is 1.82. The average molecular weight is 220 g/mol. The van der Waals surface area contributed by atoms with Crippen LogP contribution in [0.1, 0.15) is 38.1 Å². The zero-order valence-electron chi connectivity index (χ0n) is 8.74. The van der Waals surface area contributed by atoms with Gasteiger partial charge in [-0.05, 0) is 28.5 Å². The summed E-state index contributed by atoms with van der Waals surface area (Å²) in [5.74, 6) is 1.05. The maximum Gasteiger partial charge on any atom is 0.243 e. The van der Waals surface area contributed by atoms with E-state index in [-0.39, 0.29) is 0 Å². The van der Waals surface area contributed by atoms with Crippen LogP contribution >= 0.6 is 0 Å². The van der Waals surface area contributed by atoms with Crippen LogP contribution in [-0.4, -0.2) is 40.8 Å². The van der Waals surface area contributed by atoms with Crippen LogP contribution in [0.4, 0.5) is 0 Å². The molecule has 0 atom stereocenters. The second kappa shape index (κ2) is 3.95. The van der Waals surface area contributed by atoms with Crippen molar-refractivity contribution in [2.24, 2.45) is 0 Å². The first-order valence-corrected chi connectivity index (χ1v) is 5.47. The molecule has 0 amide bonds. The van der Waals surface area contributed by atoms with E-state index in [1.165, 1.54) is 19.3 Å². The van der Waals surface area contributed by atoms with E-state index in [4.69, 9.17) is 0 Å². The first-order valence-electron chi connectivity index (χ1n) is 5.47. The number of tetrazole rings is 2. The van der Waals surface area contributed by atoms with Crippen molar-refractivity contribution < 1.29 is 0 Å².